The van der Waals surface area contributed by atoms with Crippen LogP contribution in [0.5, 0.6) is 11.5 Å². The van der Waals surface area contributed by atoms with E-state index in [0.717, 1.165) is 4.90 Å². The van der Waals surface area contributed by atoms with Gasteiger partial charge in [-0.15, -0.1) is 11.8 Å². The normalized spacial score (nSPS) is 22.1. The number of carbonyl (C=O) groups excluding carboxylic acids is 2. The first kappa shape index (κ1) is 16.2. The minimum Gasteiger partial charge on any atom is -0.507 e. The number of carboxylic acid groups (broad SMARTS) is 1. The second-order valence-electron chi connectivity index (χ2n) is 5.16. The lowest BCUT2D eigenvalue weighted by Crippen LogP contribution is -2.70. The number of phenols is 1. The van der Waals surface area contributed by atoms with Gasteiger partial charge in [-0.2, -0.15) is 0 Å². The Bertz CT molecular complexity index is 762. The SMILES string of the molecule is COc1ccc(O)c(C(=O)NC2C(=O)N3C(C(=O)O)=CCS[C@@H]23)c1. The molecule has 2 heterocycles. The highest BCUT2D eigenvalue weighted by molar-refractivity contribution is 8.00. The average Bonchev–Trinajstić information content (AvgIpc) is 2.58. The van der Waals surface area contributed by atoms with E-state index in [4.69, 9.17) is 9.84 Å². The number of rotatable bonds is 4. The van der Waals surface area contributed by atoms with Crippen molar-refractivity contribution in [3.8, 4) is 11.5 Å². The molecule has 0 aromatic heterocycles. The van der Waals surface area contributed by atoms with Gasteiger partial charge < -0.3 is 20.3 Å². The van der Waals surface area contributed by atoms with Crippen LogP contribution in [0.25, 0.3) is 0 Å². The Kier molecular flexibility index (Phi) is 4.10. The molecule has 2 aliphatic rings. The van der Waals surface area contributed by atoms with Crippen molar-refractivity contribution < 1.29 is 29.3 Å². The summed E-state index contributed by atoms with van der Waals surface area (Å²) in [5.41, 5.74) is -0.0890. The van der Waals surface area contributed by atoms with Crippen molar-refractivity contribution in [3.63, 3.8) is 0 Å². The van der Waals surface area contributed by atoms with E-state index >= 15 is 0 Å². The highest BCUT2D eigenvalue weighted by atomic mass is 32.2. The lowest BCUT2D eigenvalue weighted by molar-refractivity contribution is -0.148. The van der Waals surface area contributed by atoms with Crippen molar-refractivity contribution in [2.24, 2.45) is 0 Å². The molecule has 2 aliphatic heterocycles. The summed E-state index contributed by atoms with van der Waals surface area (Å²) in [7, 11) is 1.43. The smallest absolute Gasteiger partial charge is 0.352 e. The van der Waals surface area contributed by atoms with Crippen LogP contribution in [0.4, 0.5) is 0 Å². The van der Waals surface area contributed by atoms with Gasteiger partial charge in [0.15, 0.2) is 0 Å². The van der Waals surface area contributed by atoms with E-state index in [-0.39, 0.29) is 17.0 Å². The molecule has 9 heteroatoms. The number of aromatic hydroxyl groups is 1. The number of hydrogen-bond donors (Lipinski definition) is 3. The Balaban J connectivity index is 1.76. The molecule has 126 valence electrons. The summed E-state index contributed by atoms with van der Waals surface area (Å²) < 4.78 is 5.01. The van der Waals surface area contributed by atoms with Crippen molar-refractivity contribution in [1.29, 1.82) is 0 Å². The van der Waals surface area contributed by atoms with E-state index in [9.17, 15) is 19.5 Å². The van der Waals surface area contributed by atoms with Crippen molar-refractivity contribution in [2.45, 2.75) is 11.4 Å². The molecule has 0 aliphatic carbocycles. The zero-order chi connectivity index (χ0) is 17.4. The van der Waals surface area contributed by atoms with Gasteiger partial charge in [0.25, 0.3) is 11.8 Å². The molecule has 1 fully saturated rings. The summed E-state index contributed by atoms with van der Waals surface area (Å²) in [6, 6.07) is 3.35. The van der Waals surface area contributed by atoms with Crippen molar-refractivity contribution in [1.82, 2.24) is 10.2 Å². The fourth-order valence-electron chi connectivity index (χ4n) is 2.58. The van der Waals surface area contributed by atoms with E-state index in [2.05, 4.69) is 5.32 Å². The number of β-lactam (4-membered cyclic amide) rings is 1. The Morgan fingerprint density at radius 2 is 2.17 bits per heavy atom. The first-order valence-corrected chi connectivity index (χ1v) is 8.05. The van der Waals surface area contributed by atoms with Crippen LogP contribution in [-0.2, 0) is 9.59 Å². The van der Waals surface area contributed by atoms with Gasteiger partial charge >= 0.3 is 5.97 Å². The molecule has 3 rings (SSSR count). The maximum atomic E-state index is 12.3. The number of carbonyl (C=O) groups is 3. The zero-order valence-electron chi connectivity index (χ0n) is 12.6. The first-order chi connectivity index (χ1) is 11.4. The maximum Gasteiger partial charge on any atom is 0.352 e. The number of fused-ring (bicyclic) bond motifs is 1. The largest absolute Gasteiger partial charge is 0.507 e. The molecule has 1 unspecified atom stereocenters. The fraction of sp³-hybridized carbons (Fsp3) is 0.267. The van der Waals surface area contributed by atoms with E-state index in [1.165, 1.54) is 43.1 Å². The van der Waals surface area contributed by atoms with Crippen LogP contribution in [0.2, 0.25) is 0 Å². The molecular weight excluding hydrogens is 336 g/mol. The second-order valence-corrected chi connectivity index (χ2v) is 6.31. The summed E-state index contributed by atoms with van der Waals surface area (Å²) >= 11 is 1.36. The predicted octanol–water partition coefficient (Wildman–Crippen LogP) is 0.383. The molecule has 0 spiro atoms. The van der Waals surface area contributed by atoms with Crippen LogP contribution >= 0.6 is 11.8 Å². The number of methoxy groups -OCH3 is 1. The number of carboxylic acids is 1. The van der Waals surface area contributed by atoms with Crippen LogP contribution in [0.1, 0.15) is 10.4 Å². The number of amides is 2. The van der Waals surface area contributed by atoms with E-state index in [1.54, 1.807) is 0 Å². The molecule has 0 bridgehead atoms. The first-order valence-electron chi connectivity index (χ1n) is 7.00. The topological polar surface area (TPSA) is 116 Å². The molecule has 1 aromatic carbocycles. The van der Waals surface area contributed by atoms with E-state index < -0.39 is 29.2 Å². The van der Waals surface area contributed by atoms with E-state index in [1.807, 2.05) is 0 Å². The number of benzene rings is 1. The molecule has 2 atom stereocenters. The molecule has 2 amide bonds. The summed E-state index contributed by atoms with van der Waals surface area (Å²) in [6.07, 6.45) is 1.47. The highest BCUT2D eigenvalue weighted by Gasteiger charge is 2.52. The number of aliphatic carboxylic acids is 1. The monoisotopic (exact) mass is 350 g/mol. The maximum absolute atomic E-state index is 12.3. The minimum absolute atomic E-state index is 0.0181. The van der Waals surface area contributed by atoms with Crippen molar-refractivity contribution >= 4 is 29.5 Å². The number of ether oxygens (including phenoxy) is 1. The van der Waals surface area contributed by atoms with E-state index in [0.29, 0.717) is 11.5 Å². The predicted molar refractivity (Wildman–Crippen MR) is 84.7 cm³/mol. The summed E-state index contributed by atoms with van der Waals surface area (Å²) in [5, 5.41) is 21.0. The van der Waals surface area contributed by atoms with Gasteiger partial charge in [-0.05, 0) is 24.3 Å². The number of phenolic OH excluding ortho intramolecular Hbond substituents is 1. The zero-order valence-corrected chi connectivity index (χ0v) is 13.4. The molecule has 0 saturated carbocycles. The van der Waals surface area contributed by atoms with Gasteiger partial charge in [0.1, 0.15) is 28.6 Å². The third kappa shape index (κ3) is 2.56. The van der Waals surface area contributed by atoms with Crippen LogP contribution in [0.15, 0.2) is 30.0 Å². The lowest BCUT2D eigenvalue weighted by Gasteiger charge is -2.48. The van der Waals surface area contributed by atoms with Gasteiger partial charge in [0.05, 0.1) is 12.7 Å². The van der Waals surface area contributed by atoms with Crippen LogP contribution < -0.4 is 10.1 Å². The number of hydrogen-bond acceptors (Lipinski definition) is 6. The van der Waals surface area contributed by atoms with Crippen LogP contribution in [0, 0.1) is 0 Å². The summed E-state index contributed by atoms with van der Waals surface area (Å²) in [6.45, 7) is 0. The Morgan fingerprint density at radius 1 is 1.42 bits per heavy atom. The summed E-state index contributed by atoms with van der Waals surface area (Å²) in [5.74, 6) is -1.70. The van der Waals surface area contributed by atoms with Gasteiger partial charge in [-0.1, -0.05) is 0 Å². The number of nitrogens with zero attached hydrogens (tertiary/aromatic N) is 1. The van der Waals surface area contributed by atoms with Gasteiger partial charge in [-0.25, -0.2) is 4.79 Å². The quantitative estimate of drug-likeness (QED) is 0.672. The number of nitrogens with one attached hydrogen (secondary N) is 1. The van der Waals surface area contributed by atoms with Crippen molar-refractivity contribution in [2.75, 3.05) is 12.9 Å². The Hall–Kier alpha value is -2.68. The van der Waals surface area contributed by atoms with Gasteiger partial charge in [0.2, 0.25) is 0 Å². The molecule has 24 heavy (non-hydrogen) atoms. The van der Waals surface area contributed by atoms with Crippen LogP contribution in [-0.4, -0.2) is 57.2 Å². The molecular formula is C15H14N2O6S. The average molecular weight is 350 g/mol. The molecule has 1 saturated heterocycles. The highest BCUT2D eigenvalue weighted by Crippen LogP contribution is 2.37. The summed E-state index contributed by atoms with van der Waals surface area (Å²) in [4.78, 5) is 36.8. The molecule has 1 aromatic rings. The third-order valence-electron chi connectivity index (χ3n) is 3.80. The van der Waals surface area contributed by atoms with Crippen LogP contribution in [0.3, 0.4) is 0 Å². The fourth-order valence-corrected chi connectivity index (χ4v) is 3.78. The molecule has 8 nitrogen and oxygen atoms in total. The Labute approximate surface area is 141 Å². The molecule has 3 N–H and O–H groups in total. The minimum atomic E-state index is -1.18. The third-order valence-corrected chi connectivity index (χ3v) is 4.98. The van der Waals surface area contributed by atoms with Gasteiger partial charge in [-0.3, -0.25) is 14.5 Å². The second kappa shape index (κ2) is 6.08. The van der Waals surface area contributed by atoms with Gasteiger partial charge in [0, 0.05) is 5.75 Å². The standard InChI is InChI=1S/C15H14N2O6S/c1-23-7-2-3-10(18)8(6-7)12(19)16-11-13(20)17-9(15(21)22)4-5-24-14(11)17/h2-4,6,11,14,18H,5H2,1H3,(H,16,19)(H,21,22)/t11?,14-/m0/s1. The Morgan fingerprint density at radius 3 is 2.83 bits per heavy atom. The molecule has 0 radical (unpaired) electrons. The van der Waals surface area contributed by atoms with Crippen molar-refractivity contribution in [3.05, 3.63) is 35.5 Å². The lowest BCUT2D eigenvalue weighted by atomic mass is 10.0. The number of thioether (sulfide) groups is 1.